The Balaban J connectivity index is 0.00000170. The van der Waals surface area contributed by atoms with Crippen molar-refractivity contribution in [2.24, 2.45) is 0 Å². The van der Waals surface area contributed by atoms with Crippen LogP contribution in [0.3, 0.4) is 0 Å². The van der Waals surface area contributed by atoms with Gasteiger partial charge in [0.1, 0.15) is 0 Å². The van der Waals surface area contributed by atoms with Gasteiger partial charge >= 0.3 is 10.1 Å². The van der Waals surface area contributed by atoms with E-state index in [4.69, 9.17) is 4.18 Å². The molecule has 2 aromatic carbocycles. The van der Waals surface area contributed by atoms with Crippen molar-refractivity contribution in [1.29, 1.82) is 0 Å². The molecule has 0 saturated heterocycles. The highest BCUT2D eigenvalue weighted by atomic mass is 32.2. The molecule has 0 spiro atoms. The molecule has 0 aliphatic heterocycles. The van der Waals surface area contributed by atoms with Crippen LogP contribution in [0.1, 0.15) is 31.2 Å². The van der Waals surface area contributed by atoms with Crippen molar-refractivity contribution in [1.82, 2.24) is 0 Å². The molecule has 0 radical (unpaired) electrons. The second-order valence-electron chi connectivity index (χ2n) is 4.61. The molecule has 0 atom stereocenters. The van der Waals surface area contributed by atoms with Gasteiger partial charge in [0, 0.05) is 7.11 Å². The van der Waals surface area contributed by atoms with E-state index in [1.165, 1.54) is 6.07 Å². The third-order valence-electron chi connectivity index (χ3n) is 2.65. The van der Waals surface area contributed by atoms with Gasteiger partial charge in [0.15, 0.2) is 5.75 Å². The van der Waals surface area contributed by atoms with Gasteiger partial charge in [0.25, 0.3) is 5.91 Å². The van der Waals surface area contributed by atoms with E-state index in [1.807, 2.05) is 26.8 Å². The molecule has 5 nitrogen and oxygen atoms in total. The summed E-state index contributed by atoms with van der Waals surface area (Å²) in [6.45, 7) is 5.81. The summed E-state index contributed by atoms with van der Waals surface area (Å²) in [7, 11) is -3.70. The van der Waals surface area contributed by atoms with Crippen LogP contribution in [0.5, 0.6) is 5.75 Å². The second-order valence-corrected chi connectivity index (χ2v) is 6.18. The van der Waals surface area contributed by atoms with Crippen molar-refractivity contribution in [3.63, 3.8) is 0 Å². The molecule has 1 amide bonds. The van der Waals surface area contributed by atoms with Crippen LogP contribution in [0, 0.1) is 6.92 Å². The lowest BCUT2D eigenvalue weighted by Crippen LogP contribution is -2.15. The monoisotopic (exact) mass is 337 g/mol. The molecule has 0 aliphatic carbocycles. The Morgan fingerprint density at radius 1 is 1.09 bits per heavy atom. The number of nitrogens with one attached hydrogen (secondary N) is 1. The van der Waals surface area contributed by atoms with Crippen molar-refractivity contribution >= 4 is 21.7 Å². The number of rotatable bonds is 4. The van der Waals surface area contributed by atoms with Crippen molar-refractivity contribution < 1.29 is 18.8 Å². The second kappa shape index (κ2) is 8.33. The van der Waals surface area contributed by atoms with E-state index in [2.05, 4.69) is 5.32 Å². The standard InChI is InChI=1S/C15H15NO4S.C2H6.H2/c1-11-8-9-14(20-21(2,18)19)13(10-11)15(17)16-12-6-4-3-5-7-12;1-2;/h3-10H,1-2H3,(H,16,17);1-2H3;1H. The smallest absolute Gasteiger partial charge is 0.306 e. The summed E-state index contributed by atoms with van der Waals surface area (Å²) in [5, 5.41) is 2.70. The largest absolute Gasteiger partial charge is 0.382 e. The van der Waals surface area contributed by atoms with Gasteiger partial charge in [-0.15, -0.1) is 0 Å². The molecular weight excluding hydrogens is 314 g/mol. The van der Waals surface area contributed by atoms with E-state index in [1.54, 1.807) is 36.4 Å². The fourth-order valence-corrected chi connectivity index (χ4v) is 2.25. The zero-order valence-corrected chi connectivity index (χ0v) is 14.5. The number of benzene rings is 2. The predicted molar refractivity (Wildman–Crippen MR) is 94.5 cm³/mol. The Bertz CT molecular complexity index is 761. The summed E-state index contributed by atoms with van der Waals surface area (Å²) in [5.41, 5.74) is 1.62. The zero-order chi connectivity index (χ0) is 17.5. The highest BCUT2D eigenvalue weighted by molar-refractivity contribution is 7.86. The van der Waals surface area contributed by atoms with Crippen LogP contribution in [0.25, 0.3) is 0 Å². The molecular formula is C17H23NO4S. The average molecular weight is 337 g/mol. The fourth-order valence-electron chi connectivity index (χ4n) is 1.78. The number of carbonyl (C=O) groups is 1. The normalized spacial score (nSPS) is 10.3. The van der Waals surface area contributed by atoms with Gasteiger partial charge in [-0.2, -0.15) is 8.42 Å². The van der Waals surface area contributed by atoms with Crippen molar-refractivity contribution in [3.05, 3.63) is 59.7 Å². The summed E-state index contributed by atoms with van der Waals surface area (Å²) in [6, 6.07) is 13.6. The van der Waals surface area contributed by atoms with Gasteiger partial charge in [-0.1, -0.05) is 43.7 Å². The summed E-state index contributed by atoms with van der Waals surface area (Å²) in [4.78, 5) is 12.3. The molecule has 2 aromatic rings. The fraction of sp³-hybridized carbons (Fsp3) is 0.235. The maximum absolute atomic E-state index is 12.3. The topological polar surface area (TPSA) is 72.5 Å². The SMILES string of the molecule is CC.Cc1ccc(OS(C)(=O)=O)c(C(=O)Nc2ccccc2)c1.[HH]. The van der Waals surface area contributed by atoms with Gasteiger partial charge in [-0.25, -0.2) is 0 Å². The van der Waals surface area contributed by atoms with E-state index in [9.17, 15) is 13.2 Å². The lowest BCUT2D eigenvalue weighted by Gasteiger charge is -2.11. The van der Waals surface area contributed by atoms with Crippen LogP contribution in [0.2, 0.25) is 0 Å². The maximum Gasteiger partial charge on any atom is 0.306 e. The summed E-state index contributed by atoms with van der Waals surface area (Å²) in [6.07, 6.45) is 0.936. The highest BCUT2D eigenvalue weighted by Crippen LogP contribution is 2.22. The number of hydrogen-bond donors (Lipinski definition) is 1. The molecule has 0 unspecified atom stereocenters. The van der Waals surface area contributed by atoms with Crippen LogP contribution >= 0.6 is 0 Å². The van der Waals surface area contributed by atoms with Crippen molar-refractivity contribution in [2.75, 3.05) is 11.6 Å². The number of aryl methyl sites for hydroxylation is 1. The van der Waals surface area contributed by atoms with Gasteiger partial charge in [0.05, 0.1) is 11.8 Å². The first-order chi connectivity index (χ1) is 10.8. The van der Waals surface area contributed by atoms with Gasteiger partial charge in [0.2, 0.25) is 0 Å². The molecule has 23 heavy (non-hydrogen) atoms. The van der Waals surface area contributed by atoms with Crippen LogP contribution in [0.15, 0.2) is 48.5 Å². The van der Waals surface area contributed by atoms with E-state index < -0.39 is 16.0 Å². The Kier molecular flexibility index (Phi) is 6.78. The first kappa shape index (κ1) is 18.7. The van der Waals surface area contributed by atoms with Crippen LogP contribution in [0.4, 0.5) is 5.69 Å². The Hall–Kier alpha value is -2.34. The molecule has 0 saturated carbocycles. The van der Waals surface area contributed by atoms with Crippen molar-refractivity contribution in [2.45, 2.75) is 20.8 Å². The molecule has 0 fully saturated rings. The third-order valence-corrected chi connectivity index (χ3v) is 3.13. The number of para-hydroxylation sites is 1. The average Bonchev–Trinajstić information content (AvgIpc) is 2.51. The van der Waals surface area contributed by atoms with E-state index in [0.29, 0.717) is 5.69 Å². The summed E-state index contributed by atoms with van der Waals surface area (Å²) in [5.74, 6) is -0.417. The lowest BCUT2D eigenvalue weighted by molar-refractivity contribution is 0.102. The van der Waals surface area contributed by atoms with Crippen LogP contribution < -0.4 is 9.50 Å². The molecule has 0 heterocycles. The molecule has 1 N–H and O–H groups in total. The maximum atomic E-state index is 12.3. The molecule has 6 heteroatoms. The number of anilines is 1. The highest BCUT2D eigenvalue weighted by Gasteiger charge is 2.16. The first-order valence-corrected chi connectivity index (χ1v) is 9.03. The van der Waals surface area contributed by atoms with Gasteiger partial charge < -0.3 is 9.50 Å². The minimum atomic E-state index is -3.70. The number of hydrogen-bond acceptors (Lipinski definition) is 4. The van der Waals surface area contributed by atoms with Crippen LogP contribution in [-0.2, 0) is 10.1 Å². The van der Waals surface area contributed by atoms with Crippen molar-refractivity contribution in [3.8, 4) is 5.75 Å². The molecule has 0 bridgehead atoms. The Labute approximate surface area is 138 Å². The number of amides is 1. The van der Waals surface area contributed by atoms with E-state index >= 15 is 0 Å². The molecule has 0 aliphatic rings. The molecule has 0 aromatic heterocycles. The summed E-state index contributed by atoms with van der Waals surface area (Å²) >= 11 is 0. The number of carbonyl (C=O) groups excluding carboxylic acids is 1. The Morgan fingerprint density at radius 3 is 2.26 bits per heavy atom. The summed E-state index contributed by atoms with van der Waals surface area (Å²) < 4.78 is 27.4. The van der Waals surface area contributed by atoms with Gasteiger partial charge in [-0.05, 0) is 31.2 Å². The molecule has 126 valence electrons. The third kappa shape index (κ3) is 6.12. The minimum Gasteiger partial charge on any atom is -0.382 e. The van der Waals surface area contributed by atoms with Gasteiger partial charge in [-0.3, -0.25) is 4.79 Å². The molecule has 2 rings (SSSR count). The minimum absolute atomic E-state index is 0. The first-order valence-electron chi connectivity index (χ1n) is 7.22. The quantitative estimate of drug-likeness (QED) is 0.860. The zero-order valence-electron chi connectivity index (χ0n) is 13.7. The van der Waals surface area contributed by atoms with E-state index in [-0.39, 0.29) is 12.7 Å². The van der Waals surface area contributed by atoms with Crippen LogP contribution in [-0.4, -0.2) is 20.6 Å². The lowest BCUT2D eigenvalue weighted by atomic mass is 10.1. The Morgan fingerprint density at radius 2 is 1.70 bits per heavy atom. The predicted octanol–water partition coefficient (Wildman–Crippen LogP) is 3.86. The van der Waals surface area contributed by atoms with E-state index in [0.717, 1.165) is 11.8 Å².